The standard InChI is InChI=1S/C29H27NO6/c1-17-14-21-15-20(9-11-23(21)36-17)27(32)25-26(19-8-10-22(31)24(16-19)35-2)30(29(34)28(25)33)13-12-18-6-4-3-5-7-18/h3-11,15-17,26,31-32H,12-14H2,1-2H3/b27-25+. The lowest BCUT2D eigenvalue weighted by Crippen LogP contribution is -2.31. The molecule has 3 aromatic rings. The summed E-state index contributed by atoms with van der Waals surface area (Å²) in [5.41, 5.74) is 2.97. The lowest BCUT2D eigenvalue weighted by molar-refractivity contribution is -0.139. The highest BCUT2D eigenvalue weighted by Gasteiger charge is 2.46. The van der Waals surface area contributed by atoms with Crippen LogP contribution < -0.4 is 9.47 Å². The zero-order chi connectivity index (χ0) is 25.4. The molecule has 2 aliphatic rings. The van der Waals surface area contributed by atoms with Crippen LogP contribution in [0, 0.1) is 0 Å². The Hall–Kier alpha value is -4.26. The largest absolute Gasteiger partial charge is 0.507 e. The molecule has 2 heterocycles. The minimum Gasteiger partial charge on any atom is -0.507 e. The van der Waals surface area contributed by atoms with Gasteiger partial charge in [-0.1, -0.05) is 36.4 Å². The van der Waals surface area contributed by atoms with Crippen molar-refractivity contribution in [2.45, 2.75) is 31.9 Å². The summed E-state index contributed by atoms with van der Waals surface area (Å²) in [6, 6.07) is 18.8. The van der Waals surface area contributed by atoms with Crippen LogP contribution >= 0.6 is 0 Å². The first kappa shape index (κ1) is 23.5. The molecular weight excluding hydrogens is 458 g/mol. The van der Waals surface area contributed by atoms with E-state index in [1.165, 1.54) is 18.1 Å². The van der Waals surface area contributed by atoms with Crippen LogP contribution in [0.4, 0.5) is 0 Å². The third-order valence-electron chi connectivity index (χ3n) is 6.71. The number of phenols is 1. The Labute approximate surface area is 209 Å². The van der Waals surface area contributed by atoms with E-state index in [4.69, 9.17) is 9.47 Å². The molecule has 0 aromatic heterocycles. The lowest BCUT2D eigenvalue weighted by Gasteiger charge is -2.26. The predicted molar refractivity (Wildman–Crippen MR) is 134 cm³/mol. The number of benzene rings is 3. The van der Waals surface area contributed by atoms with E-state index >= 15 is 0 Å². The van der Waals surface area contributed by atoms with Gasteiger partial charge in [0.05, 0.1) is 18.7 Å². The van der Waals surface area contributed by atoms with Gasteiger partial charge in [-0.2, -0.15) is 0 Å². The molecule has 1 amide bonds. The quantitative estimate of drug-likeness (QED) is 0.305. The molecule has 1 fully saturated rings. The number of ketones is 1. The summed E-state index contributed by atoms with van der Waals surface area (Å²) in [6.45, 7) is 2.24. The maximum absolute atomic E-state index is 13.3. The number of carbonyl (C=O) groups is 2. The van der Waals surface area contributed by atoms with Crippen molar-refractivity contribution in [1.82, 2.24) is 4.90 Å². The summed E-state index contributed by atoms with van der Waals surface area (Å²) >= 11 is 0. The number of Topliss-reactive ketones (excluding diaryl/α,β-unsaturated/α-hetero) is 1. The Morgan fingerprint density at radius 1 is 1.08 bits per heavy atom. The number of fused-ring (bicyclic) bond motifs is 1. The van der Waals surface area contributed by atoms with E-state index in [0.717, 1.165) is 16.9 Å². The fourth-order valence-electron chi connectivity index (χ4n) is 4.94. The number of methoxy groups -OCH3 is 1. The van der Waals surface area contributed by atoms with Crippen LogP contribution in [0.2, 0.25) is 0 Å². The van der Waals surface area contributed by atoms with Crippen LogP contribution in [-0.2, 0) is 22.4 Å². The van der Waals surface area contributed by atoms with Crippen molar-refractivity contribution in [2.75, 3.05) is 13.7 Å². The van der Waals surface area contributed by atoms with Gasteiger partial charge < -0.3 is 24.6 Å². The molecule has 0 spiro atoms. The second-order valence-corrected chi connectivity index (χ2v) is 9.11. The van der Waals surface area contributed by atoms with E-state index in [0.29, 0.717) is 24.0 Å². The molecule has 5 rings (SSSR count). The second-order valence-electron chi connectivity index (χ2n) is 9.11. The fourth-order valence-corrected chi connectivity index (χ4v) is 4.94. The van der Waals surface area contributed by atoms with E-state index in [2.05, 4.69) is 0 Å². The Kier molecular flexibility index (Phi) is 6.14. The molecule has 2 aliphatic heterocycles. The second kappa shape index (κ2) is 9.41. The number of likely N-dealkylation sites (tertiary alicyclic amines) is 1. The van der Waals surface area contributed by atoms with Gasteiger partial charge in [0, 0.05) is 18.5 Å². The summed E-state index contributed by atoms with van der Waals surface area (Å²) in [5, 5.41) is 21.5. The van der Waals surface area contributed by atoms with Crippen LogP contribution in [0.3, 0.4) is 0 Å². The maximum atomic E-state index is 13.3. The fraction of sp³-hybridized carbons (Fsp3) is 0.241. The summed E-state index contributed by atoms with van der Waals surface area (Å²) in [7, 11) is 1.43. The first-order valence-corrected chi connectivity index (χ1v) is 11.9. The highest BCUT2D eigenvalue weighted by atomic mass is 16.5. The van der Waals surface area contributed by atoms with Crippen molar-refractivity contribution < 1.29 is 29.3 Å². The number of rotatable bonds is 6. The van der Waals surface area contributed by atoms with Crippen molar-refractivity contribution in [3.63, 3.8) is 0 Å². The number of ether oxygens (including phenoxy) is 2. The molecule has 2 unspecified atom stereocenters. The van der Waals surface area contributed by atoms with Crippen molar-refractivity contribution in [3.05, 3.63) is 94.6 Å². The molecule has 7 heteroatoms. The summed E-state index contributed by atoms with van der Waals surface area (Å²) < 4.78 is 11.0. The van der Waals surface area contributed by atoms with Crippen LogP contribution in [0.5, 0.6) is 17.2 Å². The average Bonchev–Trinajstić information content (AvgIpc) is 3.38. The first-order chi connectivity index (χ1) is 17.4. The van der Waals surface area contributed by atoms with Gasteiger partial charge in [-0.05, 0) is 60.4 Å². The van der Waals surface area contributed by atoms with Gasteiger partial charge >= 0.3 is 0 Å². The first-order valence-electron chi connectivity index (χ1n) is 11.9. The molecule has 2 N–H and O–H groups in total. The van der Waals surface area contributed by atoms with Crippen molar-refractivity contribution >= 4 is 17.4 Å². The molecule has 0 bridgehead atoms. The number of amides is 1. The van der Waals surface area contributed by atoms with Crippen LogP contribution in [0.1, 0.15) is 35.2 Å². The number of phenolic OH excluding ortho intramolecular Hbond substituents is 1. The number of carbonyl (C=O) groups excluding carboxylic acids is 2. The number of nitrogens with zero attached hydrogens (tertiary/aromatic N) is 1. The zero-order valence-electron chi connectivity index (χ0n) is 20.1. The Balaban J connectivity index is 1.60. The van der Waals surface area contributed by atoms with E-state index in [1.807, 2.05) is 37.3 Å². The van der Waals surface area contributed by atoms with Gasteiger partial charge in [0.15, 0.2) is 11.5 Å². The average molecular weight is 486 g/mol. The lowest BCUT2D eigenvalue weighted by atomic mass is 9.94. The monoisotopic (exact) mass is 485 g/mol. The summed E-state index contributed by atoms with van der Waals surface area (Å²) in [5.74, 6) is -0.762. The topological polar surface area (TPSA) is 96.3 Å². The molecule has 7 nitrogen and oxygen atoms in total. The van der Waals surface area contributed by atoms with Gasteiger partial charge in [0.2, 0.25) is 0 Å². The van der Waals surface area contributed by atoms with Gasteiger partial charge in [0.1, 0.15) is 17.6 Å². The smallest absolute Gasteiger partial charge is 0.295 e. The molecule has 2 atom stereocenters. The minimum absolute atomic E-state index is 0.00715. The van der Waals surface area contributed by atoms with Gasteiger partial charge in [-0.25, -0.2) is 0 Å². The normalized spacial score (nSPS) is 20.3. The maximum Gasteiger partial charge on any atom is 0.295 e. The van der Waals surface area contributed by atoms with Crippen LogP contribution in [0.25, 0.3) is 5.76 Å². The van der Waals surface area contributed by atoms with Crippen molar-refractivity contribution in [1.29, 1.82) is 0 Å². The number of aromatic hydroxyl groups is 1. The van der Waals surface area contributed by atoms with Crippen molar-refractivity contribution in [2.24, 2.45) is 0 Å². The summed E-state index contributed by atoms with van der Waals surface area (Å²) in [4.78, 5) is 28.0. The third-order valence-corrected chi connectivity index (χ3v) is 6.71. The number of aliphatic hydroxyl groups excluding tert-OH is 1. The zero-order valence-corrected chi connectivity index (χ0v) is 20.1. The number of hydrogen-bond donors (Lipinski definition) is 2. The highest BCUT2D eigenvalue weighted by molar-refractivity contribution is 6.46. The highest BCUT2D eigenvalue weighted by Crippen LogP contribution is 2.42. The molecule has 184 valence electrons. The SMILES string of the molecule is COc1cc(C2/C(=C(\O)c3ccc4c(c3)CC(C)O4)C(=O)C(=O)N2CCc2ccccc2)ccc1O. The van der Waals surface area contributed by atoms with E-state index < -0.39 is 17.7 Å². The van der Waals surface area contributed by atoms with Gasteiger partial charge in [-0.15, -0.1) is 0 Å². The number of hydrogen-bond acceptors (Lipinski definition) is 6. The predicted octanol–water partition coefficient (Wildman–Crippen LogP) is 4.39. The Bertz CT molecular complexity index is 1360. The molecule has 0 aliphatic carbocycles. The van der Waals surface area contributed by atoms with E-state index in [1.54, 1.807) is 30.3 Å². The van der Waals surface area contributed by atoms with Gasteiger partial charge in [-0.3, -0.25) is 9.59 Å². The third kappa shape index (κ3) is 4.17. The Morgan fingerprint density at radius 2 is 1.86 bits per heavy atom. The number of aliphatic hydroxyl groups is 1. The molecule has 1 saturated heterocycles. The molecule has 36 heavy (non-hydrogen) atoms. The molecular formula is C29H27NO6. The van der Waals surface area contributed by atoms with Crippen LogP contribution in [0.15, 0.2) is 72.3 Å². The molecule has 0 radical (unpaired) electrons. The van der Waals surface area contributed by atoms with Gasteiger partial charge in [0.25, 0.3) is 11.7 Å². The van der Waals surface area contributed by atoms with E-state index in [9.17, 15) is 19.8 Å². The minimum atomic E-state index is -0.841. The Morgan fingerprint density at radius 3 is 2.61 bits per heavy atom. The van der Waals surface area contributed by atoms with Crippen molar-refractivity contribution in [3.8, 4) is 17.2 Å². The molecule has 0 saturated carbocycles. The summed E-state index contributed by atoms with van der Waals surface area (Å²) in [6.07, 6.45) is 1.26. The van der Waals surface area contributed by atoms with Crippen LogP contribution in [-0.4, -0.2) is 46.6 Å². The molecule has 3 aromatic carbocycles. The van der Waals surface area contributed by atoms with E-state index in [-0.39, 0.29) is 35.5 Å².